The smallest absolute Gasteiger partial charge is 0.320 e. The van der Waals surface area contributed by atoms with E-state index in [2.05, 4.69) is 4.98 Å². The van der Waals surface area contributed by atoms with E-state index in [-0.39, 0.29) is 24.2 Å². The van der Waals surface area contributed by atoms with Crippen molar-refractivity contribution in [3.8, 4) is 5.75 Å². The number of hydrogen-bond donors (Lipinski definition) is 4. The van der Waals surface area contributed by atoms with Crippen molar-refractivity contribution in [3.05, 3.63) is 24.0 Å². The summed E-state index contributed by atoms with van der Waals surface area (Å²) < 4.78 is 0. The molecule has 0 bridgehead atoms. The van der Waals surface area contributed by atoms with Gasteiger partial charge in [0.15, 0.2) is 6.29 Å². The molecule has 1 rings (SSSR count). The second-order valence-electron chi connectivity index (χ2n) is 3.43. The largest absolute Gasteiger partial charge is 0.506 e. The molecule has 104 valence electrons. The van der Waals surface area contributed by atoms with Gasteiger partial charge in [-0.2, -0.15) is 0 Å². The van der Waals surface area contributed by atoms with Crippen LogP contribution in [0.2, 0.25) is 0 Å². The molecule has 1 aromatic heterocycles. The first kappa shape index (κ1) is 16.5. The molecule has 19 heavy (non-hydrogen) atoms. The molecule has 0 fully saturated rings. The summed E-state index contributed by atoms with van der Waals surface area (Å²) in [5.74, 6) is -2.27. The summed E-state index contributed by atoms with van der Waals surface area (Å²) in [5, 5.41) is 25.1. The van der Waals surface area contributed by atoms with Crippen LogP contribution in [0.4, 0.5) is 0 Å². The number of carboxylic acids is 2. The Labute approximate surface area is 108 Å². The summed E-state index contributed by atoms with van der Waals surface area (Å²) in [6.07, 6.45) is 3.03. The van der Waals surface area contributed by atoms with Crippen molar-refractivity contribution in [1.82, 2.24) is 4.98 Å². The Morgan fingerprint density at radius 1 is 1.42 bits per heavy atom. The molecule has 8 heteroatoms. The summed E-state index contributed by atoms with van der Waals surface area (Å²) in [4.78, 5) is 33.5. The van der Waals surface area contributed by atoms with Crippen molar-refractivity contribution in [1.29, 1.82) is 0 Å². The molecule has 1 atom stereocenters. The van der Waals surface area contributed by atoms with Gasteiger partial charge >= 0.3 is 11.9 Å². The Morgan fingerprint density at radius 2 is 2.05 bits per heavy atom. The molecule has 5 N–H and O–H groups in total. The van der Waals surface area contributed by atoms with Crippen LogP contribution in [0.1, 0.15) is 23.2 Å². The first-order chi connectivity index (χ1) is 8.88. The average molecular weight is 270 g/mol. The van der Waals surface area contributed by atoms with Crippen LogP contribution in [0.15, 0.2) is 18.5 Å². The first-order valence-electron chi connectivity index (χ1n) is 5.16. The Hall–Kier alpha value is -2.48. The lowest BCUT2D eigenvalue weighted by Gasteiger charge is -2.01. The van der Waals surface area contributed by atoms with Crippen molar-refractivity contribution >= 4 is 18.2 Å². The van der Waals surface area contributed by atoms with Crippen molar-refractivity contribution in [2.24, 2.45) is 5.73 Å². The maximum absolute atomic E-state index is 10.0. The highest BCUT2D eigenvalue weighted by Gasteiger charge is 2.12. The van der Waals surface area contributed by atoms with Crippen LogP contribution in [0.5, 0.6) is 5.75 Å². The molecule has 0 saturated heterocycles. The number of aliphatic carboxylic acids is 2. The molecule has 0 aliphatic rings. The van der Waals surface area contributed by atoms with Crippen molar-refractivity contribution < 1.29 is 29.7 Å². The number of hydrogen-bond acceptors (Lipinski definition) is 6. The zero-order chi connectivity index (χ0) is 14.8. The maximum Gasteiger partial charge on any atom is 0.320 e. The van der Waals surface area contributed by atoms with E-state index in [1.165, 1.54) is 18.5 Å². The number of aldehydes is 1. The fourth-order valence-corrected chi connectivity index (χ4v) is 0.899. The number of rotatable bonds is 5. The zero-order valence-corrected chi connectivity index (χ0v) is 9.89. The minimum Gasteiger partial charge on any atom is -0.506 e. The molecule has 0 aliphatic heterocycles. The number of pyridine rings is 1. The Balaban J connectivity index is 0.000000342. The van der Waals surface area contributed by atoms with Crippen molar-refractivity contribution in [3.63, 3.8) is 0 Å². The van der Waals surface area contributed by atoms with Crippen molar-refractivity contribution in [2.75, 3.05) is 0 Å². The fraction of sp³-hybridized carbons (Fsp3) is 0.273. The van der Waals surface area contributed by atoms with E-state index in [4.69, 9.17) is 21.1 Å². The van der Waals surface area contributed by atoms with Gasteiger partial charge in [-0.05, 0) is 12.5 Å². The monoisotopic (exact) mass is 270 g/mol. The van der Waals surface area contributed by atoms with Gasteiger partial charge in [-0.3, -0.25) is 19.4 Å². The predicted molar refractivity (Wildman–Crippen MR) is 63.8 cm³/mol. The molecule has 8 nitrogen and oxygen atoms in total. The van der Waals surface area contributed by atoms with E-state index in [1.54, 1.807) is 0 Å². The van der Waals surface area contributed by atoms with Crippen LogP contribution >= 0.6 is 0 Å². The highest BCUT2D eigenvalue weighted by atomic mass is 16.4. The summed E-state index contributed by atoms with van der Waals surface area (Å²) in [6.45, 7) is 0. The standard InChI is InChI=1S/C6H5NO2.C5H9NO4/c8-4-5-1-2-7-3-6(5)9;6-3(5(9)10)1-2-4(7)8/h1-4,9H;3H,1-2,6H2,(H,7,8)(H,9,10)/t;3-/m.0/s1. The molecule has 0 aromatic carbocycles. The topological polar surface area (TPSA) is 151 Å². The first-order valence-corrected chi connectivity index (χ1v) is 5.16. The molecule has 0 aliphatic carbocycles. The quantitative estimate of drug-likeness (QED) is 0.540. The van der Waals surface area contributed by atoms with Gasteiger partial charge in [-0.15, -0.1) is 0 Å². The zero-order valence-electron chi connectivity index (χ0n) is 9.89. The third kappa shape index (κ3) is 7.45. The lowest BCUT2D eigenvalue weighted by atomic mass is 10.2. The van der Waals surface area contributed by atoms with Crippen LogP contribution in [0, 0.1) is 0 Å². The highest BCUT2D eigenvalue weighted by Crippen LogP contribution is 2.09. The second kappa shape index (κ2) is 8.59. The number of aromatic nitrogens is 1. The molecule has 0 amide bonds. The molecule has 0 spiro atoms. The molecule has 0 saturated carbocycles. The van der Waals surface area contributed by atoms with Crippen molar-refractivity contribution in [2.45, 2.75) is 18.9 Å². The maximum atomic E-state index is 10.0. The molecule has 1 aromatic rings. The SMILES string of the molecule is N[C@@H](CCC(=O)O)C(=O)O.O=Cc1ccncc1O. The predicted octanol–water partition coefficient (Wildman–Crippen LogP) is -0.137. The number of carbonyl (C=O) groups excluding carboxylic acids is 1. The minimum atomic E-state index is -1.17. The van der Waals surface area contributed by atoms with Gasteiger partial charge in [-0.1, -0.05) is 0 Å². The van der Waals surface area contributed by atoms with Gasteiger partial charge in [0.05, 0.1) is 11.8 Å². The summed E-state index contributed by atoms with van der Waals surface area (Å²) >= 11 is 0. The van der Waals surface area contributed by atoms with Crippen LogP contribution < -0.4 is 5.73 Å². The summed E-state index contributed by atoms with van der Waals surface area (Å²) in [7, 11) is 0. The minimum absolute atomic E-state index is 0.0231. The Morgan fingerprint density at radius 3 is 2.42 bits per heavy atom. The number of nitrogens with two attached hydrogens (primary N) is 1. The van der Waals surface area contributed by atoms with E-state index < -0.39 is 18.0 Å². The third-order valence-electron chi connectivity index (χ3n) is 1.95. The van der Waals surface area contributed by atoms with Gasteiger partial charge in [0.2, 0.25) is 0 Å². The third-order valence-corrected chi connectivity index (χ3v) is 1.95. The number of aromatic hydroxyl groups is 1. The number of nitrogens with zero attached hydrogens (tertiary/aromatic N) is 1. The van der Waals surface area contributed by atoms with Crippen LogP contribution in [-0.4, -0.2) is 44.6 Å². The summed E-state index contributed by atoms with van der Waals surface area (Å²) in [6, 6.07) is 0.388. The lowest BCUT2D eigenvalue weighted by Crippen LogP contribution is -2.30. The fourth-order valence-electron chi connectivity index (χ4n) is 0.899. The number of carboxylic acid groups (broad SMARTS) is 2. The normalized spacial score (nSPS) is 10.8. The van der Waals surface area contributed by atoms with Gasteiger partial charge in [0, 0.05) is 12.6 Å². The van der Waals surface area contributed by atoms with E-state index in [1.807, 2.05) is 0 Å². The molecule has 0 radical (unpaired) electrons. The molecule has 1 heterocycles. The average Bonchev–Trinajstić information content (AvgIpc) is 2.37. The van der Waals surface area contributed by atoms with E-state index in [0.717, 1.165) is 0 Å². The molecular weight excluding hydrogens is 256 g/mol. The Kier molecular flexibility index (Phi) is 7.47. The van der Waals surface area contributed by atoms with Crippen LogP contribution in [-0.2, 0) is 9.59 Å². The van der Waals surface area contributed by atoms with Gasteiger partial charge in [0.1, 0.15) is 11.8 Å². The van der Waals surface area contributed by atoms with E-state index in [0.29, 0.717) is 6.29 Å². The van der Waals surface area contributed by atoms with Gasteiger partial charge in [-0.25, -0.2) is 0 Å². The summed E-state index contributed by atoms with van der Waals surface area (Å²) in [5.41, 5.74) is 5.27. The van der Waals surface area contributed by atoms with E-state index in [9.17, 15) is 14.4 Å². The lowest BCUT2D eigenvalue weighted by molar-refractivity contribution is -0.139. The van der Waals surface area contributed by atoms with Gasteiger partial charge < -0.3 is 21.1 Å². The second-order valence-corrected chi connectivity index (χ2v) is 3.43. The van der Waals surface area contributed by atoms with Crippen LogP contribution in [0.3, 0.4) is 0 Å². The van der Waals surface area contributed by atoms with Crippen LogP contribution in [0.25, 0.3) is 0 Å². The number of carbonyl (C=O) groups is 3. The highest BCUT2D eigenvalue weighted by molar-refractivity contribution is 5.78. The molecule has 0 unspecified atom stereocenters. The molecular formula is C11H14N2O6. The van der Waals surface area contributed by atoms with E-state index >= 15 is 0 Å². The van der Waals surface area contributed by atoms with Gasteiger partial charge in [0.25, 0.3) is 0 Å². The Bertz CT molecular complexity index is 449.